The molecule has 1 amide bonds. The molecule has 0 aliphatic rings. The summed E-state index contributed by atoms with van der Waals surface area (Å²) in [5.41, 5.74) is 3.04. The van der Waals surface area contributed by atoms with Gasteiger partial charge in [-0.1, -0.05) is 0 Å². The second-order valence-corrected chi connectivity index (χ2v) is 7.20. The number of fused-ring (bicyclic) bond motifs is 2. The average Bonchev–Trinajstić information content (AvgIpc) is 3.13. The highest BCUT2D eigenvalue weighted by atomic mass is 19.4. The quantitative estimate of drug-likeness (QED) is 0.472. The summed E-state index contributed by atoms with van der Waals surface area (Å²) in [6.45, 7) is 0.736. The first-order valence-corrected chi connectivity index (χ1v) is 9.46. The minimum absolute atomic E-state index is 0.00116. The third kappa shape index (κ3) is 3.62. The Morgan fingerprint density at radius 3 is 2.53 bits per heavy atom. The third-order valence-electron chi connectivity index (χ3n) is 5.22. The summed E-state index contributed by atoms with van der Waals surface area (Å²) in [5, 5.41) is 0.0907. The number of aromatic nitrogens is 2. The van der Waals surface area contributed by atoms with Crippen molar-refractivity contribution in [2.24, 2.45) is 5.73 Å². The van der Waals surface area contributed by atoms with Crippen molar-refractivity contribution < 1.29 is 27.1 Å². The molecule has 0 saturated carbocycles. The summed E-state index contributed by atoms with van der Waals surface area (Å²) in [6, 6.07) is 6.93. The molecule has 32 heavy (non-hydrogen) atoms. The van der Waals surface area contributed by atoms with Crippen molar-refractivity contribution in [3.63, 3.8) is 0 Å². The number of nitrogens with zero attached hydrogens (tertiary/aromatic N) is 2. The number of benzene rings is 2. The van der Waals surface area contributed by atoms with Crippen molar-refractivity contribution in [2.45, 2.75) is 12.7 Å². The second-order valence-electron chi connectivity index (χ2n) is 7.20. The van der Waals surface area contributed by atoms with Gasteiger partial charge >= 0.3 is 6.18 Å². The molecular formula is C22H17F4N3O3. The van der Waals surface area contributed by atoms with Crippen LogP contribution >= 0.6 is 0 Å². The summed E-state index contributed by atoms with van der Waals surface area (Å²) in [6.07, 6.45) is -2.15. The predicted molar refractivity (Wildman–Crippen MR) is 110 cm³/mol. The van der Waals surface area contributed by atoms with Gasteiger partial charge in [0.05, 0.1) is 28.9 Å². The van der Waals surface area contributed by atoms with E-state index >= 15 is 0 Å². The first-order chi connectivity index (χ1) is 15.1. The molecule has 0 aliphatic carbocycles. The number of rotatable bonds is 5. The number of carbonyl (C=O) groups is 1. The Kier molecular flexibility index (Phi) is 5.25. The number of primary amides is 1. The van der Waals surface area contributed by atoms with E-state index in [1.807, 2.05) is 0 Å². The van der Waals surface area contributed by atoms with Crippen molar-refractivity contribution in [1.29, 1.82) is 0 Å². The van der Waals surface area contributed by atoms with Crippen LogP contribution < -0.4 is 11.2 Å². The van der Waals surface area contributed by atoms with E-state index in [1.165, 1.54) is 19.2 Å². The molecule has 2 heterocycles. The zero-order valence-electron chi connectivity index (χ0n) is 16.7. The van der Waals surface area contributed by atoms with Gasteiger partial charge in [-0.2, -0.15) is 13.2 Å². The summed E-state index contributed by atoms with van der Waals surface area (Å²) < 4.78 is 63.7. The number of pyridine rings is 1. The van der Waals surface area contributed by atoms with Crippen molar-refractivity contribution >= 4 is 27.7 Å². The van der Waals surface area contributed by atoms with Crippen LogP contribution in [0, 0.1) is 5.82 Å². The van der Waals surface area contributed by atoms with E-state index in [-0.39, 0.29) is 16.6 Å². The Bertz CT molecular complexity index is 1420. The highest BCUT2D eigenvalue weighted by Gasteiger charge is 2.35. The lowest BCUT2D eigenvalue weighted by atomic mass is 10.1. The summed E-state index contributed by atoms with van der Waals surface area (Å²) in [7, 11) is 1.51. The van der Waals surface area contributed by atoms with E-state index in [0.29, 0.717) is 24.1 Å². The summed E-state index contributed by atoms with van der Waals surface area (Å²) in [4.78, 5) is 24.4. The Labute approximate surface area is 178 Å². The maximum absolute atomic E-state index is 14.0. The normalized spacial score (nSPS) is 12.0. The number of amides is 1. The summed E-state index contributed by atoms with van der Waals surface area (Å²) in [5.74, 6) is -1.91. The number of nitrogens with two attached hydrogens (primary N) is 1. The molecule has 0 unspecified atom stereocenters. The molecule has 2 aromatic heterocycles. The van der Waals surface area contributed by atoms with Gasteiger partial charge in [0, 0.05) is 36.8 Å². The first kappa shape index (κ1) is 21.6. The fraction of sp³-hybridized carbons (Fsp3) is 0.182. The molecule has 2 aromatic carbocycles. The fourth-order valence-electron chi connectivity index (χ4n) is 3.72. The molecular weight excluding hydrogens is 430 g/mol. The molecule has 0 bridgehead atoms. The van der Waals surface area contributed by atoms with E-state index in [1.54, 1.807) is 16.8 Å². The smallest absolute Gasteiger partial charge is 0.383 e. The maximum atomic E-state index is 14.0. The van der Waals surface area contributed by atoms with Crippen molar-refractivity contribution in [3.8, 4) is 5.69 Å². The predicted octanol–water partition coefficient (Wildman–Crippen LogP) is 3.85. The molecule has 0 saturated heterocycles. The SMILES string of the molecule is COCCn1ccc2cc(C(F)(F)F)c(-n3cc(C(N)=O)c(=O)c4cc(F)ccc43)cc21. The van der Waals surface area contributed by atoms with Crippen LogP contribution in [0.5, 0.6) is 0 Å². The van der Waals surface area contributed by atoms with E-state index in [2.05, 4.69) is 0 Å². The van der Waals surface area contributed by atoms with Crippen LogP contribution in [0.1, 0.15) is 15.9 Å². The minimum Gasteiger partial charge on any atom is -0.383 e. The lowest BCUT2D eigenvalue weighted by molar-refractivity contribution is -0.137. The molecule has 2 N–H and O–H groups in total. The van der Waals surface area contributed by atoms with Crippen LogP contribution in [0.25, 0.3) is 27.5 Å². The van der Waals surface area contributed by atoms with Crippen LogP contribution in [-0.4, -0.2) is 28.8 Å². The van der Waals surface area contributed by atoms with Crippen LogP contribution in [0.3, 0.4) is 0 Å². The van der Waals surface area contributed by atoms with Gasteiger partial charge in [-0.25, -0.2) is 4.39 Å². The van der Waals surface area contributed by atoms with Gasteiger partial charge in [0.25, 0.3) is 5.91 Å². The Balaban J connectivity index is 2.13. The number of hydrogen-bond donors (Lipinski definition) is 1. The van der Waals surface area contributed by atoms with Gasteiger partial charge in [0.15, 0.2) is 0 Å². The van der Waals surface area contributed by atoms with Gasteiger partial charge in [0.2, 0.25) is 5.43 Å². The molecule has 0 radical (unpaired) electrons. The molecule has 4 rings (SSSR count). The van der Waals surface area contributed by atoms with Crippen LogP contribution in [0.4, 0.5) is 17.6 Å². The van der Waals surface area contributed by atoms with Crippen LogP contribution in [0.2, 0.25) is 0 Å². The molecule has 4 aromatic rings. The third-order valence-corrected chi connectivity index (χ3v) is 5.22. The topological polar surface area (TPSA) is 79.2 Å². The molecule has 0 atom stereocenters. The Morgan fingerprint density at radius 2 is 1.88 bits per heavy atom. The van der Waals surface area contributed by atoms with E-state index < -0.39 is 34.5 Å². The zero-order chi connectivity index (χ0) is 23.2. The lowest BCUT2D eigenvalue weighted by Gasteiger charge is -2.19. The molecule has 0 fully saturated rings. The average molecular weight is 447 g/mol. The Hall–Kier alpha value is -3.66. The second kappa shape index (κ2) is 7.79. The highest BCUT2D eigenvalue weighted by Crippen LogP contribution is 2.37. The van der Waals surface area contributed by atoms with E-state index in [0.717, 1.165) is 29.0 Å². The first-order valence-electron chi connectivity index (χ1n) is 9.46. The Morgan fingerprint density at radius 1 is 1.12 bits per heavy atom. The number of ether oxygens (including phenoxy) is 1. The standard InChI is InChI=1S/C22H17F4N3O3/c1-32-7-6-28-5-4-12-8-16(22(24,25)26)19(10-18(12)28)29-11-15(21(27)31)20(30)14-9-13(23)2-3-17(14)29/h2-5,8-11H,6-7H2,1H3,(H2,27,31). The monoisotopic (exact) mass is 447 g/mol. The largest absolute Gasteiger partial charge is 0.418 e. The van der Waals surface area contributed by atoms with Gasteiger partial charge < -0.3 is 19.6 Å². The fourth-order valence-corrected chi connectivity index (χ4v) is 3.72. The number of alkyl halides is 3. The molecule has 0 aliphatic heterocycles. The van der Waals surface area contributed by atoms with Crippen LogP contribution in [-0.2, 0) is 17.5 Å². The number of methoxy groups -OCH3 is 1. The molecule has 166 valence electrons. The number of carbonyl (C=O) groups excluding carboxylic acids is 1. The van der Waals surface area contributed by atoms with E-state index in [4.69, 9.17) is 10.5 Å². The molecule has 6 nitrogen and oxygen atoms in total. The molecule has 10 heteroatoms. The number of halogens is 4. The highest BCUT2D eigenvalue weighted by molar-refractivity contribution is 5.97. The molecule has 0 spiro atoms. The number of hydrogen-bond acceptors (Lipinski definition) is 3. The van der Waals surface area contributed by atoms with Gasteiger partial charge in [-0.15, -0.1) is 0 Å². The minimum atomic E-state index is -4.75. The van der Waals surface area contributed by atoms with Crippen molar-refractivity contribution in [2.75, 3.05) is 13.7 Å². The maximum Gasteiger partial charge on any atom is 0.418 e. The van der Waals surface area contributed by atoms with Gasteiger partial charge in [0.1, 0.15) is 11.4 Å². The van der Waals surface area contributed by atoms with Crippen molar-refractivity contribution in [1.82, 2.24) is 9.13 Å². The van der Waals surface area contributed by atoms with E-state index in [9.17, 15) is 27.2 Å². The lowest BCUT2D eigenvalue weighted by Crippen LogP contribution is -2.24. The summed E-state index contributed by atoms with van der Waals surface area (Å²) >= 11 is 0. The van der Waals surface area contributed by atoms with Gasteiger partial charge in [-0.05, 0) is 36.4 Å². The van der Waals surface area contributed by atoms with Crippen molar-refractivity contribution in [3.05, 3.63) is 76.0 Å². The van der Waals surface area contributed by atoms with Gasteiger partial charge in [-0.3, -0.25) is 9.59 Å². The van der Waals surface area contributed by atoms with Crippen LogP contribution in [0.15, 0.2) is 53.6 Å². The zero-order valence-corrected chi connectivity index (χ0v) is 16.7.